The molecule has 0 amide bonds. The average molecular weight is 1080 g/mol. The van der Waals surface area contributed by atoms with Crippen LogP contribution in [0.25, 0.3) is 45.1 Å². The van der Waals surface area contributed by atoms with Gasteiger partial charge in [-0.25, -0.2) is 19.6 Å². The first-order chi connectivity index (χ1) is 38.2. The van der Waals surface area contributed by atoms with E-state index in [2.05, 4.69) is 41.4 Å². The summed E-state index contributed by atoms with van der Waals surface area (Å²) in [6.07, 6.45) is 16.8. The van der Waals surface area contributed by atoms with Crippen molar-refractivity contribution in [2.75, 3.05) is 0 Å². The van der Waals surface area contributed by atoms with E-state index in [0.29, 0.717) is 86.5 Å². The number of esters is 2. The van der Waals surface area contributed by atoms with Crippen LogP contribution in [-0.4, -0.2) is 68.9 Å². The minimum absolute atomic E-state index is 0.149. The number of rotatable bonds is 18. The summed E-state index contributed by atoms with van der Waals surface area (Å²) in [6.45, 7) is 13.8. The first-order valence-electron chi connectivity index (χ1n) is 28.2. The lowest BCUT2D eigenvalue weighted by Crippen LogP contribution is -2.57. The highest BCUT2D eigenvalue weighted by Crippen LogP contribution is 2.65. The van der Waals surface area contributed by atoms with E-state index in [1.165, 1.54) is 29.4 Å². The van der Waals surface area contributed by atoms with Gasteiger partial charge in [0.1, 0.15) is 11.6 Å². The zero-order valence-corrected chi connectivity index (χ0v) is 46.2. The van der Waals surface area contributed by atoms with E-state index in [-0.39, 0.29) is 58.9 Å². The first-order valence-corrected chi connectivity index (χ1v) is 28.2. The molecule has 0 atom stereocenters. The Bertz CT molecular complexity index is 3860. The highest BCUT2D eigenvalue weighted by atomic mass is 16.5. The van der Waals surface area contributed by atoms with Crippen LogP contribution in [0.5, 0.6) is 0 Å². The standard InChI is InChI=1S/C31H38N6O4.C28H32N6O4/c1-4-15-36-28(38)25-27(35(5-2)30(36)40)33-26(24-17-32-34(19-24)18-23-8-6-7-21(3)16-23)37(25)20-41-29(39)31-12-9-22(10-13-31)11-14-31;1-4-9-33-25(35)22-24(32(5-2)27(33)37)30-23(34(22)17-38-26(36)28-11-20(12-28)13-28)21-14-29-31(16-21)15-19-8-6-7-18(3)10-19/h6-8,16-17,19,22H,4-5,9-15,18,20H2,1-3H3;6-8,10,14,16,20H,4-5,9,11-13,15,17H2,1-3H3. The molecule has 0 saturated heterocycles. The molecular formula is C59H70N12O8. The average Bonchev–Trinajstić information content (AvgIpc) is 4.35. The number of hydrogen-bond donors (Lipinski definition) is 0. The largest absolute Gasteiger partial charge is 0.443 e. The maximum absolute atomic E-state index is 13.8. The quantitative estimate of drug-likeness (QED) is 0.0754. The normalized spacial score (nSPS) is 20.0. The highest BCUT2D eigenvalue weighted by molar-refractivity contribution is 5.81. The van der Waals surface area contributed by atoms with Gasteiger partial charge in [-0.05, 0) is 121 Å². The smallest absolute Gasteiger partial charge is 0.332 e. The van der Waals surface area contributed by atoms with Gasteiger partial charge < -0.3 is 9.47 Å². The second-order valence-corrected chi connectivity index (χ2v) is 22.5. The molecule has 6 fully saturated rings. The summed E-state index contributed by atoms with van der Waals surface area (Å²) < 4.78 is 24.3. The summed E-state index contributed by atoms with van der Waals surface area (Å²) in [5, 5.41) is 9.09. The van der Waals surface area contributed by atoms with Crippen molar-refractivity contribution < 1.29 is 19.1 Å². The van der Waals surface area contributed by atoms with Gasteiger partial charge >= 0.3 is 23.3 Å². The van der Waals surface area contributed by atoms with Gasteiger partial charge in [-0.2, -0.15) is 10.2 Å². The molecule has 2 aromatic carbocycles. The van der Waals surface area contributed by atoms with Gasteiger partial charge in [0.2, 0.25) is 0 Å². The fourth-order valence-corrected chi connectivity index (χ4v) is 12.6. The van der Waals surface area contributed by atoms with E-state index in [1.807, 2.05) is 80.6 Å². The van der Waals surface area contributed by atoms with Crippen molar-refractivity contribution in [3.8, 4) is 22.8 Å². The van der Waals surface area contributed by atoms with Crippen molar-refractivity contribution in [1.29, 1.82) is 0 Å². The van der Waals surface area contributed by atoms with E-state index in [4.69, 9.17) is 19.4 Å². The predicted molar refractivity (Wildman–Crippen MR) is 297 cm³/mol. The van der Waals surface area contributed by atoms with Gasteiger partial charge in [-0.15, -0.1) is 0 Å². The first kappa shape index (κ1) is 53.1. The third kappa shape index (κ3) is 9.70. The Morgan fingerprint density at radius 1 is 0.570 bits per heavy atom. The van der Waals surface area contributed by atoms with Gasteiger partial charge in [0.15, 0.2) is 35.8 Å². The molecule has 4 bridgehead atoms. The van der Waals surface area contributed by atoms with Crippen molar-refractivity contribution in [1.82, 2.24) is 56.9 Å². The zero-order chi connectivity index (χ0) is 55.3. The molecule has 6 aliphatic carbocycles. The number of aryl methyl sites for hydroxylation is 4. The number of nitrogens with zero attached hydrogens (tertiary/aromatic N) is 12. The number of hydrogen-bond acceptors (Lipinski definition) is 12. The molecule has 6 saturated carbocycles. The summed E-state index contributed by atoms with van der Waals surface area (Å²) in [5.74, 6) is 1.84. The Kier molecular flexibility index (Phi) is 14.4. The summed E-state index contributed by atoms with van der Waals surface area (Å²) in [5.41, 5.74) is 4.63. The van der Waals surface area contributed by atoms with E-state index in [1.54, 1.807) is 21.5 Å². The van der Waals surface area contributed by atoms with Crippen LogP contribution in [-0.2, 0) is 71.8 Å². The molecule has 20 nitrogen and oxygen atoms in total. The van der Waals surface area contributed by atoms with Crippen LogP contribution >= 0.6 is 0 Å². The number of fused-ring (bicyclic) bond motifs is 5. The Balaban J connectivity index is 0.000000168. The topological polar surface area (TPSA) is 212 Å². The number of carbonyl (C=O) groups excluding carboxylic acids is 2. The number of imidazole rings is 2. The summed E-state index contributed by atoms with van der Waals surface area (Å²) in [4.78, 5) is 89.7. The number of aromatic nitrogens is 12. The van der Waals surface area contributed by atoms with Crippen molar-refractivity contribution in [2.45, 2.75) is 165 Å². The van der Waals surface area contributed by atoms with Crippen molar-refractivity contribution in [2.24, 2.45) is 22.7 Å². The molecule has 0 radical (unpaired) electrons. The minimum atomic E-state index is -0.433. The van der Waals surface area contributed by atoms with Gasteiger partial charge in [0.25, 0.3) is 11.1 Å². The van der Waals surface area contributed by atoms with Crippen LogP contribution < -0.4 is 22.5 Å². The molecule has 79 heavy (non-hydrogen) atoms. The maximum Gasteiger partial charge on any atom is 0.332 e. The Morgan fingerprint density at radius 2 is 1.00 bits per heavy atom. The molecule has 6 heterocycles. The number of carbonyl (C=O) groups is 2. The molecule has 0 aliphatic heterocycles. The fraction of sp³-hybridized carbons (Fsp3) is 0.492. The van der Waals surface area contributed by atoms with Crippen LogP contribution in [0.2, 0.25) is 0 Å². The van der Waals surface area contributed by atoms with Crippen LogP contribution in [0, 0.1) is 36.5 Å². The second-order valence-electron chi connectivity index (χ2n) is 22.5. The Labute approximate surface area is 456 Å². The minimum Gasteiger partial charge on any atom is -0.443 e. The highest BCUT2D eigenvalue weighted by Gasteiger charge is 2.62. The van der Waals surface area contributed by atoms with Gasteiger partial charge in [-0.3, -0.25) is 55.9 Å². The van der Waals surface area contributed by atoms with Crippen molar-refractivity contribution in [3.05, 3.63) is 137 Å². The molecule has 0 unspecified atom stereocenters. The van der Waals surface area contributed by atoms with Crippen LogP contribution in [0.15, 0.2) is 92.5 Å². The second kappa shape index (κ2) is 21.4. The third-order valence-electron chi connectivity index (χ3n) is 17.0. The molecule has 6 aromatic heterocycles. The summed E-state index contributed by atoms with van der Waals surface area (Å²) in [6, 6.07) is 16.5. The van der Waals surface area contributed by atoms with E-state index in [9.17, 15) is 28.8 Å². The van der Waals surface area contributed by atoms with Crippen molar-refractivity contribution in [3.63, 3.8) is 0 Å². The third-order valence-corrected chi connectivity index (χ3v) is 17.0. The van der Waals surface area contributed by atoms with Gasteiger partial charge in [0, 0.05) is 38.6 Å². The number of benzene rings is 2. The zero-order valence-electron chi connectivity index (χ0n) is 46.2. The van der Waals surface area contributed by atoms with E-state index in [0.717, 1.165) is 74.8 Å². The van der Waals surface area contributed by atoms with Gasteiger partial charge in [0.05, 0.1) is 47.4 Å². The molecule has 0 spiro atoms. The van der Waals surface area contributed by atoms with Crippen LogP contribution in [0.3, 0.4) is 0 Å². The molecule has 14 rings (SSSR count). The number of ether oxygens (including phenoxy) is 2. The lowest BCUT2D eigenvalue weighted by Gasteiger charge is -2.59. The predicted octanol–water partition coefficient (Wildman–Crippen LogP) is 7.79. The Hall–Kier alpha value is -7.90. The molecule has 20 heteroatoms. The lowest BCUT2D eigenvalue weighted by molar-refractivity contribution is -0.194. The molecular weight excluding hydrogens is 1000 g/mol. The Morgan fingerprint density at radius 3 is 1.38 bits per heavy atom. The molecule has 414 valence electrons. The summed E-state index contributed by atoms with van der Waals surface area (Å²) >= 11 is 0. The fourth-order valence-electron chi connectivity index (χ4n) is 12.6. The van der Waals surface area contributed by atoms with Crippen LogP contribution in [0.4, 0.5) is 0 Å². The van der Waals surface area contributed by atoms with Gasteiger partial charge in [-0.1, -0.05) is 73.5 Å². The lowest BCUT2D eigenvalue weighted by atomic mass is 9.44. The SMILES string of the molecule is CCCn1c(=O)c2c(nc(-c3cnn(Cc4cccc(C)c4)c3)n2COC(=O)C23CC(C2)C3)n(CC)c1=O.CCCn1c(=O)c2c(nc(-c3cnn(Cc4cccc(C)c4)c3)n2COC(=O)C23CCC(CC2)CC3)n(CC)c1=O. The summed E-state index contributed by atoms with van der Waals surface area (Å²) in [7, 11) is 0. The van der Waals surface area contributed by atoms with Crippen LogP contribution in [0.1, 0.15) is 121 Å². The molecule has 0 N–H and O–H groups in total. The monoisotopic (exact) mass is 1070 g/mol. The van der Waals surface area contributed by atoms with Crippen molar-refractivity contribution >= 4 is 34.3 Å². The van der Waals surface area contributed by atoms with E-state index >= 15 is 0 Å². The molecule has 8 aromatic rings. The van der Waals surface area contributed by atoms with E-state index < -0.39 is 16.5 Å². The molecule has 6 aliphatic rings. The maximum atomic E-state index is 13.8.